The molecule has 0 fully saturated rings. The maximum atomic E-state index is 13.6. The zero-order chi connectivity index (χ0) is 12.5. The molecule has 0 amide bonds. The van der Waals surface area contributed by atoms with Crippen molar-refractivity contribution < 1.29 is 9.50 Å². The Morgan fingerprint density at radius 1 is 1.35 bits per heavy atom. The van der Waals surface area contributed by atoms with Crippen molar-refractivity contribution in [3.8, 4) is 5.69 Å². The first-order valence-corrected chi connectivity index (χ1v) is 5.34. The number of aliphatic hydroxyl groups is 1. The lowest BCUT2D eigenvalue weighted by Gasteiger charge is -2.17. The molecule has 1 aromatic heterocycles. The van der Waals surface area contributed by atoms with Crippen molar-refractivity contribution in [2.24, 2.45) is 0 Å². The van der Waals surface area contributed by atoms with Crippen LogP contribution in [0.3, 0.4) is 0 Å². The number of halogens is 1. The molecule has 2 aromatic rings. The molecule has 0 spiro atoms. The summed E-state index contributed by atoms with van der Waals surface area (Å²) in [4.78, 5) is 0. The molecule has 1 heterocycles. The van der Waals surface area contributed by atoms with Crippen LogP contribution in [0.5, 0.6) is 0 Å². The van der Waals surface area contributed by atoms with Gasteiger partial charge >= 0.3 is 0 Å². The van der Waals surface area contributed by atoms with Gasteiger partial charge in [-0.25, -0.2) is 9.07 Å². The zero-order valence-electron chi connectivity index (χ0n) is 9.76. The summed E-state index contributed by atoms with van der Waals surface area (Å²) in [6.07, 6.45) is 1.89. The van der Waals surface area contributed by atoms with E-state index in [1.807, 2.05) is 0 Å². The molecule has 0 radical (unpaired) electrons. The molecule has 0 atom stereocenters. The minimum atomic E-state index is -0.884. The van der Waals surface area contributed by atoms with Gasteiger partial charge in [-0.1, -0.05) is 17.3 Å². The average Bonchev–Trinajstić information content (AvgIpc) is 2.64. The fourth-order valence-electron chi connectivity index (χ4n) is 1.65. The van der Waals surface area contributed by atoms with E-state index >= 15 is 0 Å². The molecule has 0 bridgehead atoms. The monoisotopic (exact) mass is 235 g/mol. The molecule has 2 rings (SSSR count). The highest BCUT2D eigenvalue weighted by molar-refractivity contribution is 5.33. The predicted octanol–water partition coefficient (Wildman–Crippen LogP) is 1.72. The van der Waals surface area contributed by atoms with Crippen LogP contribution in [-0.2, 0) is 6.42 Å². The maximum absolute atomic E-state index is 13.6. The molecule has 17 heavy (non-hydrogen) atoms. The average molecular weight is 235 g/mol. The number of benzene rings is 1. The Bertz CT molecular complexity index is 516. The highest BCUT2D eigenvalue weighted by atomic mass is 19.1. The third-order valence-electron chi connectivity index (χ3n) is 2.31. The Labute approximate surface area is 98.7 Å². The van der Waals surface area contributed by atoms with Crippen molar-refractivity contribution in [3.63, 3.8) is 0 Å². The van der Waals surface area contributed by atoms with Crippen molar-refractivity contribution in [2.75, 3.05) is 0 Å². The second-order valence-electron chi connectivity index (χ2n) is 4.58. The van der Waals surface area contributed by atoms with Crippen LogP contribution in [0.4, 0.5) is 4.39 Å². The number of rotatable bonds is 3. The lowest BCUT2D eigenvalue weighted by molar-refractivity contribution is 0.0793. The third-order valence-corrected chi connectivity index (χ3v) is 2.31. The Kier molecular flexibility index (Phi) is 2.93. The number of hydrogen-bond acceptors (Lipinski definition) is 3. The van der Waals surface area contributed by atoms with Gasteiger partial charge in [0.15, 0.2) is 0 Å². The summed E-state index contributed by atoms with van der Waals surface area (Å²) in [5, 5.41) is 17.4. The largest absolute Gasteiger partial charge is 0.390 e. The minimum Gasteiger partial charge on any atom is -0.390 e. The summed E-state index contributed by atoms with van der Waals surface area (Å²) in [7, 11) is 0. The molecule has 0 aliphatic carbocycles. The van der Waals surface area contributed by atoms with Gasteiger partial charge in [-0.15, -0.1) is 5.10 Å². The van der Waals surface area contributed by atoms with Gasteiger partial charge in [-0.3, -0.25) is 0 Å². The third kappa shape index (κ3) is 2.68. The highest BCUT2D eigenvalue weighted by Crippen LogP contribution is 2.17. The number of nitrogens with zero attached hydrogens (tertiary/aromatic N) is 3. The van der Waals surface area contributed by atoms with E-state index in [-0.39, 0.29) is 5.82 Å². The van der Waals surface area contributed by atoms with Gasteiger partial charge in [0, 0.05) is 6.42 Å². The second kappa shape index (κ2) is 4.25. The Morgan fingerprint density at radius 2 is 2.06 bits per heavy atom. The van der Waals surface area contributed by atoms with E-state index in [0.717, 1.165) is 0 Å². The van der Waals surface area contributed by atoms with Crippen LogP contribution in [0.15, 0.2) is 30.5 Å². The SMILES string of the molecule is CC(C)(O)Cc1cnnn1-c1ccccc1F. The fraction of sp³-hybridized carbons (Fsp3) is 0.333. The van der Waals surface area contributed by atoms with Crippen LogP contribution in [0.25, 0.3) is 5.69 Å². The van der Waals surface area contributed by atoms with E-state index in [1.54, 1.807) is 32.0 Å². The van der Waals surface area contributed by atoms with E-state index < -0.39 is 5.60 Å². The van der Waals surface area contributed by atoms with E-state index in [9.17, 15) is 9.50 Å². The van der Waals surface area contributed by atoms with Crippen molar-refractivity contribution >= 4 is 0 Å². The molecule has 0 saturated heterocycles. The number of aromatic nitrogens is 3. The maximum Gasteiger partial charge on any atom is 0.148 e. The first-order chi connectivity index (χ1) is 7.97. The minimum absolute atomic E-state index is 0.337. The smallest absolute Gasteiger partial charge is 0.148 e. The highest BCUT2D eigenvalue weighted by Gasteiger charge is 2.18. The van der Waals surface area contributed by atoms with E-state index in [2.05, 4.69) is 10.3 Å². The number of para-hydroxylation sites is 1. The molecule has 1 aromatic carbocycles. The summed E-state index contributed by atoms with van der Waals surface area (Å²) < 4.78 is 15.0. The molecule has 0 aliphatic heterocycles. The summed E-state index contributed by atoms with van der Waals surface area (Å²) in [6, 6.07) is 6.34. The standard InChI is InChI=1S/C12H14FN3O/c1-12(2,17)7-9-8-14-15-16(9)11-6-4-3-5-10(11)13/h3-6,8,17H,7H2,1-2H3. The topological polar surface area (TPSA) is 50.9 Å². The molecular weight excluding hydrogens is 221 g/mol. The molecule has 0 aliphatic rings. The summed E-state index contributed by atoms with van der Waals surface area (Å²) >= 11 is 0. The van der Waals surface area contributed by atoms with Gasteiger partial charge in [0.25, 0.3) is 0 Å². The van der Waals surface area contributed by atoms with Crippen LogP contribution in [-0.4, -0.2) is 25.7 Å². The van der Waals surface area contributed by atoms with E-state index in [1.165, 1.54) is 16.9 Å². The zero-order valence-corrected chi connectivity index (χ0v) is 9.76. The lowest BCUT2D eigenvalue weighted by atomic mass is 10.0. The van der Waals surface area contributed by atoms with Crippen molar-refractivity contribution in [3.05, 3.63) is 42.0 Å². The summed E-state index contributed by atoms with van der Waals surface area (Å²) in [6.45, 7) is 3.37. The van der Waals surface area contributed by atoms with Gasteiger partial charge in [0.05, 0.1) is 17.5 Å². The van der Waals surface area contributed by atoms with Gasteiger partial charge in [0.2, 0.25) is 0 Å². The Hall–Kier alpha value is -1.75. The van der Waals surface area contributed by atoms with Gasteiger partial charge < -0.3 is 5.11 Å². The fourth-order valence-corrected chi connectivity index (χ4v) is 1.65. The number of hydrogen-bond donors (Lipinski definition) is 1. The molecule has 0 unspecified atom stereocenters. The second-order valence-corrected chi connectivity index (χ2v) is 4.58. The summed E-state index contributed by atoms with van der Waals surface area (Å²) in [5.41, 5.74) is 0.122. The van der Waals surface area contributed by atoms with Crippen LogP contribution in [0.1, 0.15) is 19.5 Å². The Balaban J connectivity index is 2.41. The normalized spacial score (nSPS) is 11.8. The Morgan fingerprint density at radius 3 is 2.71 bits per heavy atom. The van der Waals surface area contributed by atoms with E-state index in [0.29, 0.717) is 17.8 Å². The van der Waals surface area contributed by atoms with Crippen LogP contribution in [0, 0.1) is 5.82 Å². The van der Waals surface area contributed by atoms with E-state index in [4.69, 9.17) is 0 Å². The molecular formula is C12H14FN3O. The lowest BCUT2D eigenvalue weighted by Crippen LogP contribution is -2.23. The van der Waals surface area contributed by atoms with Crippen molar-refractivity contribution in [2.45, 2.75) is 25.9 Å². The van der Waals surface area contributed by atoms with Crippen LogP contribution in [0.2, 0.25) is 0 Å². The van der Waals surface area contributed by atoms with Crippen LogP contribution >= 0.6 is 0 Å². The van der Waals surface area contributed by atoms with Gasteiger partial charge in [0.1, 0.15) is 11.5 Å². The predicted molar refractivity (Wildman–Crippen MR) is 61.3 cm³/mol. The molecule has 0 saturated carbocycles. The van der Waals surface area contributed by atoms with Gasteiger partial charge in [-0.2, -0.15) is 0 Å². The molecule has 90 valence electrons. The first-order valence-electron chi connectivity index (χ1n) is 5.34. The quantitative estimate of drug-likeness (QED) is 0.881. The molecule has 5 heteroatoms. The van der Waals surface area contributed by atoms with Crippen molar-refractivity contribution in [1.29, 1.82) is 0 Å². The summed E-state index contributed by atoms with van der Waals surface area (Å²) in [5.74, 6) is -0.366. The van der Waals surface area contributed by atoms with Gasteiger partial charge in [-0.05, 0) is 26.0 Å². The van der Waals surface area contributed by atoms with Crippen molar-refractivity contribution in [1.82, 2.24) is 15.0 Å². The first kappa shape index (κ1) is 11.7. The molecule has 1 N–H and O–H groups in total. The van der Waals surface area contributed by atoms with Crippen LogP contribution < -0.4 is 0 Å². The molecule has 4 nitrogen and oxygen atoms in total.